The summed E-state index contributed by atoms with van der Waals surface area (Å²) in [5.41, 5.74) is 4.72. The summed E-state index contributed by atoms with van der Waals surface area (Å²) >= 11 is 0. The Labute approximate surface area is 149 Å². The number of nitrogens with one attached hydrogen (secondary N) is 2. The van der Waals surface area contributed by atoms with E-state index in [2.05, 4.69) is 25.1 Å². The molecule has 0 bridgehead atoms. The monoisotopic (exact) mass is 402 g/mol. The van der Waals surface area contributed by atoms with E-state index >= 15 is 0 Å². The molecule has 1 rings (SSSR count). The lowest BCUT2D eigenvalue weighted by atomic mass is 10.1. The molecule has 0 spiro atoms. The first-order valence-electron chi connectivity index (χ1n) is 7.27. The summed E-state index contributed by atoms with van der Waals surface area (Å²) in [6.45, 7) is 4.18. The molecule has 0 fully saturated rings. The van der Waals surface area contributed by atoms with Gasteiger partial charge in [-0.3, -0.25) is 10.3 Å². The number of carbonyl (C=O) groups excluding carboxylic acids is 1. The maximum absolute atomic E-state index is 12.6. The number of hydrogen-bond acceptors (Lipinski definition) is 4. The van der Waals surface area contributed by atoms with Crippen LogP contribution < -0.4 is 25.8 Å². The Morgan fingerprint density at radius 3 is 2.19 bits per heavy atom. The molecule has 0 heterocycles. The molecular formula is C14H16F6N4O3. The Morgan fingerprint density at radius 1 is 1.15 bits per heavy atom. The van der Waals surface area contributed by atoms with Crippen molar-refractivity contribution in [3.63, 3.8) is 0 Å². The number of nitrogens with two attached hydrogens (primary N) is 1. The zero-order valence-corrected chi connectivity index (χ0v) is 14.3. The number of benzene rings is 1. The molecule has 0 unspecified atom stereocenters. The molecule has 2 amide bonds. The van der Waals surface area contributed by atoms with Gasteiger partial charge >= 0.3 is 18.8 Å². The highest BCUT2D eigenvalue weighted by molar-refractivity contribution is 6.02. The number of nitrogens with zero attached hydrogens (tertiary/aromatic N) is 1. The van der Waals surface area contributed by atoms with E-state index < -0.39 is 35.8 Å². The predicted molar refractivity (Wildman–Crippen MR) is 83.6 cm³/mol. The van der Waals surface area contributed by atoms with Gasteiger partial charge in [0.25, 0.3) is 0 Å². The Bertz CT molecular complexity index is 731. The summed E-state index contributed by atoms with van der Waals surface area (Å²) in [6, 6.07) is -0.306. The van der Waals surface area contributed by atoms with Crippen LogP contribution in [0.2, 0.25) is 0 Å². The number of alkyl halides is 6. The van der Waals surface area contributed by atoms with Crippen molar-refractivity contribution in [2.75, 3.05) is 11.9 Å². The maximum Gasteiger partial charge on any atom is 0.573 e. The first-order chi connectivity index (χ1) is 12.2. The number of aliphatic imine (C=N–C) groups is 1. The molecule has 7 nitrogen and oxygen atoms in total. The zero-order valence-electron chi connectivity index (χ0n) is 14.3. The number of rotatable bonds is 4. The van der Waals surface area contributed by atoms with Crippen LogP contribution in [0, 0.1) is 13.8 Å². The predicted octanol–water partition coefficient (Wildman–Crippen LogP) is 3.56. The normalized spacial score (nSPS) is 12.6. The lowest BCUT2D eigenvalue weighted by Crippen LogP contribution is -2.40. The fourth-order valence-corrected chi connectivity index (χ4v) is 2.03. The standard InChI is InChI=1S/C14H16F6N4O3/c1-4-22-11(21)24-12(25)23-9-6(2)5-8(26-13(15,16)17)10(7(9)3)27-14(18,19)20/h5H,4H2,1-3H3,(H4,21,22,23,24,25). The van der Waals surface area contributed by atoms with Crippen LogP contribution >= 0.6 is 0 Å². The molecule has 0 aliphatic carbocycles. The Balaban J connectivity index is 3.32. The summed E-state index contributed by atoms with van der Waals surface area (Å²) in [7, 11) is 0. The molecule has 4 N–H and O–H groups in total. The molecule has 0 saturated heterocycles. The van der Waals surface area contributed by atoms with E-state index in [4.69, 9.17) is 5.73 Å². The summed E-state index contributed by atoms with van der Waals surface area (Å²) in [5.74, 6) is -2.70. The minimum Gasteiger partial charge on any atom is -0.402 e. The summed E-state index contributed by atoms with van der Waals surface area (Å²) < 4.78 is 82.5. The van der Waals surface area contributed by atoms with Crippen LogP contribution in [0.5, 0.6) is 11.5 Å². The molecule has 0 aliphatic heterocycles. The van der Waals surface area contributed by atoms with Crippen LogP contribution in [-0.4, -0.2) is 31.3 Å². The first kappa shape index (κ1) is 22.2. The summed E-state index contributed by atoms with van der Waals surface area (Å²) in [4.78, 5) is 15.5. The van der Waals surface area contributed by atoms with Gasteiger partial charge in [0.05, 0.1) is 5.69 Å². The van der Waals surface area contributed by atoms with Crippen LogP contribution in [0.15, 0.2) is 11.1 Å². The van der Waals surface area contributed by atoms with Gasteiger partial charge in [0.2, 0.25) is 0 Å². The van der Waals surface area contributed by atoms with E-state index in [9.17, 15) is 31.1 Å². The van der Waals surface area contributed by atoms with Gasteiger partial charge in [-0.2, -0.15) is 0 Å². The quantitative estimate of drug-likeness (QED) is 0.408. The van der Waals surface area contributed by atoms with Crippen LogP contribution in [0.4, 0.5) is 36.8 Å². The Hall–Kier alpha value is -2.86. The molecule has 1 aromatic rings. The number of guanidine groups is 1. The van der Waals surface area contributed by atoms with Crippen molar-refractivity contribution in [1.29, 1.82) is 0 Å². The van der Waals surface area contributed by atoms with E-state index in [0.29, 0.717) is 6.07 Å². The van der Waals surface area contributed by atoms with Crippen LogP contribution in [-0.2, 0) is 0 Å². The average molecular weight is 402 g/mol. The van der Waals surface area contributed by atoms with Gasteiger partial charge in [-0.1, -0.05) is 0 Å². The second-order valence-corrected chi connectivity index (χ2v) is 5.06. The van der Waals surface area contributed by atoms with Gasteiger partial charge in [0, 0.05) is 12.1 Å². The van der Waals surface area contributed by atoms with Crippen molar-refractivity contribution in [3.8, 4) is 11.5 Å². The maximum atomic E-state index is 12.6. The smallest absolute Gasteiger partial charge is 0.402 e. The molecule has 0 atom stereocenters. The van der Waals surface area contributed by atoms with Gasteiger partial charge in [0.1, 0.15) is 0 Å². The molecule has 27 heavy (non-hydrogen) atoms. The van der Waals surface area contributed by atoms with Crippen molar-refractivity contribution in [1.82, 2.24) is 5.32 Å². The third-order valence-electron chi connectivity index (χ3n) is 2.93. The molecule has 152 valence electrons. The summed E-state index contributed by atoms with van der Waals surface area (Å²) in [5, 5.41) is 4.30. The number of anilines is 1. The first-order valence-corrected chi connectivity index (χ1v) is 7.27. The average Bonchev–Trinajstić information content (AvgIpc) is 2.45. The molecule has 0 aliphatic rings. The Kier molecular flexibility index (Phi) is 6.76. The third-order valence-corrected chi connectivity index (χ3v) is 2.93. The third kappa shape index (κ3) is 7.11. The molecule has 13 heteroatoms. The van der Waals surface area contributed by atoms with Gasteiger partial charge in [-0.05, 0) is 32.4 Å². The number of amides is 2. The van der Waals surface area contributed by atoms with E-state index in [1.165, 1.54) is 6.92 Å². The minimum atomic E-state index is -5.29. The fourth-order valence-electron chi connectivity index (χ4n) is 2.03. The van der Waals surface area contributed by atoms with Gasteiger partial charge < -0.3 is 20.5 Å². The number of aryl methyl sites for hydroxylation is 1. The van der Waals surface area contributed by atoms with Crippen molar-refractivity contribution in [3.05, 3.63) is 17.2 Å². The van der Waals surface area contributed by atoms with E-state index in [0.717, 1.165) is 6.92 Å². The van der Waals surface area contributed by atoms with Crippen LogP contribution in [0.1, 0.15) is 18.1 Å². The fraction of sp³-hybridized carbons (Fsp3) is 0.429. The van der Waals surface area contributed by atoms with Crippen molar-refractivity contribution >= 4 is 17.7 Å². The molecule has 0 saturated carbocycles. The topological polar surface area (TPSA) is 98.0 Å². The number of halogens is 6. The van der Waals surface area contributed by atoms with Crippen LogP contribution in [0.25, 0.3) is 0 Å². The second kappa shape index (κ2) is 8.22. The second-order valence-electron chi connectivity index (χ2n) is 5.06. The van der Waals surface area contributed by atoms with Crippen LogP contribution in [0.3, 0.4) is 0 Å². The largest absolute Gasteiger partial charge is 0.573 e. The molecule has 1 aromatic carbocycles. The highest BCUT2D eigenvalue weighted by Crippen LogP contribution is 2.43. The number of urea groups is 1. The number of hydrogen-bond donors (Lipinski definition) is 3. The highest BCUT2D eigenvalue weighted by atomic mass is 19.4. The summed E-state index contributed by atoms with van der Waals surface area (Å²) in [6.07, 6.45) is -10.5. The highest BCUT2D eigenvalue weighted by Gasteiger charge is 2.38. The SMILES string of the molecule is CCN=C(N)NC(=O)Nc1c(C)cc(OC(F)(F)F)c(OC(F)(F)F)c1C. The van der Waals surface area contributed by atoms with Crippen molar-refractivity contribution < 1.29 is 40.6 Å². The number of carbonyl (C=O) groups is 1. The molecular weight excluding hydrogens is 386 g/mol. The van der Waals surface area contributed by atoms with Gasteiger partial charge in [-0.25, -0.2) is 4.79 Å². The van der Waals surface area contributed by atoms with Gasteiger partial charge in [0.15, 0.2) is 17.5 Å². The Morgan fingerprint density at radius 2 is 1.70 bits per heavy atom. The van der Waals surface area contributed by atoms with E-state index in [1.807, 2.05) is 0 Å². The minimum absolute atomic E-state index is 0.0116. The van der Waals surface area contributed by atoms with E-state index in [-0.39, 0.29) is 23.8 Å². The van der Waals surface area contributed by atoms with Crippen molar-refractivity contribution in [2.24, 2.45) is 10.7 Å². The lowest BCUT2D eigenvalue weighted by molar-refractivity contribution is -0.287. The van der Waals surface area contributed by atoms with E-state index in [1.54, 1.807) is 6.92 Å². The molecule has 0 aromatic heterocycles. The molecule has 0 radical (unpaired) electrons. The van der Waals surface area contributed by atoms with Gasteiger partial charge in [-0.15, -0.1) is 26.3 Å². The lowest BCUT2D eigenvalue weighted by Gasteiger charge is -2.21. The van der Waals surface area contributed by atoms with Crippen molar-refractivity contribution in [2.45, 2.75) is 33.5 Å². The number of ether oxygens (including phenoxy) is 2. The zero-order chi connectivity index (χ0) is 21.0.